The van der Waals surface area contributed by atoms with Crippen molar-refractivity contribution in [1.82, 2.24) is 0 Å². The van der Waals surface area contributed by atoms with Crippen molar-refractivity contribution < 1.29 is 46.8 Å². The van der Waals surface area contributed by atoms with Gasteiger partial charge in [0.25, 0.3) is 11.9 Å². The third-order valence-electron chi connectivity index (χ3n) is 0.0956. The molecule has 0 aliphatic heterocycles. The van der Waals surface area contributed by atoms with Gasteiger partial charge in [-0.25, -0.2) is 4.79 Å². The maximum atomic E-state index is 9.01. The Labute approximate surface area is 90.4 Å². The fourth-order valence-electron chi connectivity index (χ4n) is 0. The van der Waals surface area contributed by atoms with E-state index in [2.05, 4.69) is 0 Å². The molecule has 0 fully saturated rings. The van der Waals surface area contributed by atoms with Crippen molar-refractivity contribution in [2.45, 2.75) is 13.8 Å². The number of carboxylic acid groups (broad SMARTS) is 3. The number of hydrogen-bond acceptors (Lipinski definition) is 4. The van der Waals surface area contributed by atoms with E-state index in [0.717, 1.165) is 19.9 Å². The largest absolute Gasteiger partial charge is 0.481 e. The molecule has 85 valence electrons. The van der Waals surface area contributed by atoms with Crippen LogP contribution in [0.4, 0.5) is 0 Å². The van der Waals surface area contributed by atoms with Gasteiger partial charge in [-0.05, 0) is 0 Å². The molecule has 0 saturated carbocycles. The van der Waals surface area contributed by atoms with Crippen LogP contribution in [0.15, 0.2) is 0 Å². The minimum Gasteiger partial charge on any atom is -0.481 e. The summed E-state index contributed by atoms with van der Waals surface area (Å²) < 4.78 is 0. The zero-order chi connectivity index (χ0) is 11.4. The molecule has 0 rings (SSSR count). The van der Waals surface area contributed by atoms with Gasteiger partial charge in [-0.1, -0.05) is 0 Å². The normalized spacial score (nSPS) is 5.50. The van der Waals surface area contributed by atoms with Crippen molar-refractivity contribution in [3.05, 3.63) is 0 Å². The van der Waals surface area contributed by atoms with Gasteiger partial charge in [0.05, 0.1) is 0 Å². The maximum Gasteiger partial charge on any atom is 0.408 e. The van der Waals surface area contributed by atoms with Crippen molar-refractivity contribution in [2.24, 2.45) is 0 Å². The topological polar surface area (TPSA) is 136 Å². The van der Waals surface area contributed by atoms with E-state index in [1.165, 1.54) is 0 Å². The first-order valence-corrected chi connectivity index (χ1v) is 2.76. The molecule has 0 aliphatic rings. The molecule has 14 heavy (non-hydrogen) atoms. The molecule has 0 heterocycles. The molecule has 0 saturated heterocycles. The Hall–Kier alpha value is -1.58. The smallest absolute Gasteiger partial charge is 0.408 e. The minimum atomic E-state index is -1.44. The Morgan fingerprint density at radius 3 is 1.07 bits per heavy atom. The van der Waals surface area contributed by atoms with Crippen LogP contribution in [0, 0.1) is 11.3 Å². The van der Waals surface area contributed by atoms with Gasteiger partial charge in [0, 0.05) is 30.9 Å². The van der Waals surface area contributed by atoms with E-state index in [-0.39, 0.29) is 17.1 Å². The Morgan fingerprint density at radius 1 is 1.00 bits per heavy atom. The van der Waals surface area contributed by atoms with Crippen molar-refractivity contribution in [1.29, 1.82) is 5.26 Å². The van der Waals surface area contributed by atoms with Crippen LogP contribution in [0.1, 0.15) is 13.8 Å². The number of carbonyl (C=O) groups is 3. The van der Waals surface area contributed by atoms with Gasteiger partial charge in [-0.2, -0.15) is 5.26 Å². The Kier molecular flexibility index (Phi) is 28.5. The van der Waals surface area contributed by atoms with Crippen LogP contribution in [0.5, 0.6) is 0 Å². The van der Waals surface area contributed by atoms with Crippen LogP contribution >= 0.6 is 0 Å². The molecule has 3 N–H and O–H groups in total. The summed E-state index contributed by atoms with van der Waals surface area (Å²) in [6, 6.07) is 0.944. The van der Waals surface area contributed by atoms with Crippen LogP contribution in [-0.4, -0.2) is 33.2 Å². The van der Waals surface area contributed by atoms with Crippen LogP contribution in [-0.2, 0) is 31.5 Å². The predicted molar refractivity (Wildman–Crippen MR) is 39.9 cm³/mol. The molecule has 7 nitrogen and oxygen atoms in total. The van der Waals surface area contributed by atoms with E-state index in [9.17, 15) is 0 Å². The van der Waals surface area contributed by atoms with E-state index in [1.54, 1.807) is 0 Å². The first-order chi connectivity index (χ1) is 5.73. The van der Waals surface area contributed by atoms with Crippen LogP contribution in [0.3, 0.4) is 0 Å². The molecule has 8 heteroatoms. The average Bonchev–Trinajstić information content (AvgIpc) is 1.84. The van der Waals surface area contributed by atoms with Crippen LogP contribution in [0.2, 0.25) is 0 Å². The van der Waals surface area contributed by atoms with Gasteiger partial charge < -0.3 is 15.3 Å². The van der Waals surface area contributed by atoms with Gasteiger partial charge in [0.15, 0.2) is 6.07 Å². The second-order valence-electron chi connectivity index (χ2n) is 1.45. The molecule has 0 aromatic carbocycles. The molecule has 0 unspecified atom stereocenters. The van der Waals surface area contributed by atoms with Crippen molar-refractivity contribution in [3.8, 4) is 6.07 Å². The quantitative estimate of drug-likeness (QED) is 0.309. The zero-order valence-electron chi connectivity index (χ0n) is 7.32. The number of carboxylic acids is 3. The number of nitrogens with zero attached hydrogens (tertiary/aromatic N) is 1. The molecule has 0 atom stereocenters. The summed E-state index contributed by atoms with van der Waals surface area (Å²) in [7, 11) is 0. The Bertz CT molecular complexity index is 201. The Morgan fingerprint density at radius 2 is 1.07 bits per heavy atom. The van der Waals surface area contributed by atoms with E-state index in [1.807, 2.05) is 0 Å². The summed E-state index contributed by atoms with van der Waals surface area (Å²) in [6.07, 6.45) is 0. The van der Waals surface area contributed by atoms with Crippen molar-refractivity contribution in [3.63, 3.8) is 0 Å². The van der Waals surface area contributed by atoms with E-state index in [0.29, 0.717) is 0 Å². The third kappa shape index (κ3) is 5250. The first kappa shape index (κ1) is 22.8. The van der Waals surface area contributed by atoms with Gasteiger partial charge in [0.2, 0.25) is 0 Å². The summed E-state index contributed by atoms with van der Waals surface area (Å²) >= 11 is 0. The monoisotopic (exact) mass is 254 g/mol. The SMILES string of the molecule is CC(=O)O.CC(=O)O.N#CC(=O)O.[Cu]. The van der Waals surface area contributed by atoms with Crippen molar-refractivity contribution >= 4 is 17.9 Å². The fourth-order valence-corrected chi connectivity index (χ4v) is 0. The van der Waals surface area contributed by atoms with Gasteiger partial charge >= 0.3 is 5.97 Å². The van der Waals surface area contributed by atoms with E-state index >= 15 is 0 Å². The molecule has 1 radical (unpaired) electrons. The molecular formula is C6H9CuNO6. The van der Waals surface area contributed by atoms with E-state index in [4.69, 9.17) is 35.0 Å². The standard InChI is InChI=1S/C2HNO2.2C2H4O2.Cu/c3-1-2(4)5;2*1-2(3)4;/h(H,4,5);2*1H3,(H,3,4);. The molecule has 0 aliphatic carbocycles. The summed E-state index contributed by atoms with van der Waals surface area (Å²) in [4.78, 5) is 27.0. The second-order valence-corrected chi connectivity index (χ2v) is 1.45. The van der Waals surface area contributed by atoms with Crippen LogP contribution in [0.25, 0.3) is 0 Å². The molecule has 0 aromatic rings. The third-order valence-corrected chi connectivity index (χ3v) is 0.0956. The second kappa shape index (κ2) is 17.5. The number of rotatable bonds is 0. The van der Waals surface area contributed by atoms with Crippen LogP contribution < -0.4 is 0 Å². The summed E-state index contributed by atoms with van der Waals surface area (Å²) in [5, 5.41) is 29.5. The molecule has 0 amide bonds. The molecule has 0 aromatic heterocycles. The maximum absolute atomic E-state index is 9.01. The fraction of sp³-hybridized carbons (Fsp3) is 0.333. The van der Waals surface area contributed by atoms with Gasteiger partial charge in [-0.15, -0.1) is 0 Å². The molecule has 0 spiro atoms. The zero-order valence-corrected chi connectivity index (χ0v) is 8.26. The minimum absolute atomic E-state index is 0. The van der Waals surface area contributed by atoms with Gasteiger partial charge in [-0.3, -0.25) is 9.59 Å². The number of nitriles is 1. The molecule has 0 bridgehead atoms. The summed E-state index contributed by atoms with van der Waals surface area (Å²) in [6.45, 7) is 2.17. The Balaban J connectivity index is -0.0000000522. The van der Waals surface area contributed by atoms with E-state index < -0.39 is 17.9 Å². The van der Waals surface area contributed by atoms with Crippen molar-refractivity contribution in [2.75, 3.05) is 0 Å². The average molecular weight is 255 g/mol. The predicted octanol–water partition coefficient (Wildman–Crippen LogP) is -0.226. The number of aliphatic carboxylic acids is 3. The summed E-state index contributed by atoms with van der Waals surface area (Å²) in [5.74, 6) is -3.11. The van der Waals surface area contributed by atoms with Gasteiger partial charge in [0.1, 0.15) is 0 Å². The first-order valence-electron chi connectivity index (χ1n) is 2.76. The summed E-state index contributed by atoms with van der Waals surface area (Å²) in [5.41, 5.74) is 0. The molecular weight excluding hydrogens is 246 g/mol. The number of hydrogen-bond donors (Lipinski definition) is 3.